The van der Waals surface area contributed by atoms with Gasteiger partial charge in [-0.3, -0.25) is 4.79 Å². The fourth-order valence-corrected chi connectivity index (χ4v) is 2.33. The van der Waals surface area contributed by atoms with E-state index in [1.165, 1.54) is 0 Å². The molecule has 186 valence electrons. The molecule has 0 saturated heterocycles. The van der Waals surface area contributed by atoms with Gasteiger partial charge >= 0.3 is 18.0 Å². The molecule has 0 heterocycles. The van der Waals surface area contributed by atoms with Crippen LogP contribution in [-0.4, -0.2) is 91.1 Å². The number of hydrogen-bond donors (Lipinski definition) is 1. The number of hydrogen-bond acceptors (Lipinski definition) is 10. The van der Waals surface area contributed by atoms with Crippen LogP contribution in [0.4, 0.5) is 4.79 Å². The lowest BCUT2D eigenvalue weighted by Gasteiger charge is -2.17. The maximum absolute atomic E-state index is 12.4. The van der Waals surface area contributed by atoms with Gasteiger partial charge in [0.25, 0.3) is 0 Å². The smallest absolute Gasteiger partial charge is 0.408 e. The number of carbonyl (C=O) groups excluding carboxylic acids is 3. The number of esters is 2. The lowest BCUT2D eigenvalue weighted by Crippen LogP contribution is -2.44. The first kappa shape index (κ1) is 28.3. The molecule has 0 spiro atoms. The van der Waals surface area contributed by atoms with Crippen molar-refractivity contribution in [1.82, 2.24) is 5.32 Å². The van der Waals surface area contributed by atoms with E-state index in [2.05, 4.69) is 5.32 Å². The molecule has 11 nitrogen and oxygen atoms in total. The van der Waals surface area contributed by atoms with E-state index in [4.69, 9.17) is 33.2 Å². The number of ether oxygens (including phenoxy) is 7. The van der Waals surface area contributed by atoms with Crippen molar-refractivity contribution < 1.29 is 47.5 Å². The molecule has 1 atom stereocenters. The second-order valence-corrected chi connectivity index (χ2v) is 6.56. The molecular formula is C22H33NO10. The second kappa shape index (κ2) is 18.8. The van der Waals surface area contributed by atoms with Crippen LogP contribution < -0.4 is 5.32 Å². The summed E-state index contributed by atoms with van der Waals surface area (Å²) in [5.74, 6) is -1.51. The van der Waals surface area contributed by atoms with Crippen molar-refractivity contribution in [3.8, 4) is 0 Å². The van der Waals surface area contributed by atoms with Crippen LogP contribution in [-0.2, 0) is 49.4 Å². The number of rotatable bonds is 18. The fourth-order valence-electron chi connectivity index (χ4n) is 2.33. The third-order valence-electron chi connectivity index (χ3n) is 3.99. The first-order chi connectivity index (χ1) is 16.1. The molecule has 0 bridgehead atoms. The molecule has 33 heavy (non-hydrogen) atoms. The van der Waals surface area contributed by atoms with Crippen LogP contribution in [0.3, 0.4) is 0 Å². The number of methoxy groups -OCH3 is 2. The Morgan fingerprint density at radius 1 is 0.758 bits per heavy atom. The average Bonchev–Trinajstić information content (AvgIpc) is 2.82. The van der Waals surface area contributed by atoms with E-state index in [0.717, 1.165) is 5.56 Å². The monoisotopic (exact) mass is 471 g/mol. The van der Waals surface area contributed by atoms with Crippen LogP contribution in [0.25, 0.3) is 0 Å². The van der Waals surface area contributed by atoms with Gasteiger partial charge < -0.3 is 38.5 Å². The van der Waals surface area contributed by atoms with E-state index in [0.29, 0.717) is 26.4 Å². The van der Waals surface area contributed by atoms with Crippen LogP contribution in [0.15, 0.2) is 30.3 Å². The topological polar surface area (TPSA) is 128 Å². The lowest BCUT2D eigenvalue weighted by molar-refractivity contribution is -0.154. The van der Waals surface area contributed by atoms with Gasteiger partial charge in [0.15, 0.2) is 0 Å². The molecule has 1 rings (SSSR count). The van der Waals surface area contributed by atoms with E-state index in [9.17, 15) is 14.4 Å². The van der Waals surface area contributed by atoms with Gasteiger partial charge in [0, 0.05) is 14.2 Å². The number of alkyl carbamates (subject to hydrolysis) is 1. The highest BCUT2D eigenvalue weighted by Crippen LogP contribution is 2.03. The minimum Gasteiger partial charge on any atom is -0.463 e. The fraction of sp³-hybridized carbons (Fsp3) is 0.591. The van der Waals surface area contributed by atoms with Crippen LogP contribution in [0.2, 0.25) is 0 Å². The molecule has 1 amide bonds. The molecule has 0 unspecified atom stereocenters. The first-order valence-electron chi connectivity index (χ1n) is 10.5. The Morgan fingerprint density at radius 2 is 1.33 bits per heavy atom. The molecule has 1 N–H and O–H groups in total. The maximum Gasteiger partial charge on any atom is 0.408 e. The molecule has 1 aromatic rings. The highest BCUT2D eigenvalue weighted by atomic mass is 16.6. The molecular weight excluding hydrogens is 438 g/mol. The van der Waals surface area contributed by atoms with Crippen LogP contribution >= 0.6 is 0 Å². The Kier molecular flexibility index (Phi) is 16.1. The molecule has 0 aliphatic carbocycles. The summed E-state index contributed by atoms with van der Waals surface area (Å²) in [6, 6.07) is 7.74. The van der Waals surface area contributed by atoms with Crippen LogP contribution in [0.1, 0.15) is 12.0 Å². The molecule has 11 heteroatoms. The molecule has 0 aliphatic rings. The zero-order chi connectivity index (χ0) is 24.2. The SMILES string of the molecule is COCCOCCOC(=O)C[C@H](NC(=O)OCc1ccccc1)C(=O)OCCOCCOC. The molecule has 0 aromatic heterocycles. The molecule has 0 saturated carbocycles. The summed E-state index contributed by atoms with van der Waals surface area (Å²) in [7, 11) is 3.09. The second-order valence-electron chi connectivity index (χ2n) is 6.56. The van der Waals surface area contributed by atoms with E-state index >= 15 is 0 Å². The van der Waals surface area contributed by atoms with Gasteiger partial charge in [-0.2, -0.15) is 0 Å². The number of nitrogens with one attached hydrogen (secondary N) is 1. The van der Waals surface area contributed by atoms with E-state index in [1.54, 1.807) is 38.5 Å². The van der Waals surface area contributed by atoms with Crippen molar-refractivity contribution in [1.29, 1.82) is 0 Å². The lowest BCUT2D eigenvalue weighted by atomic mass is 10.2. The summed E-state index contributed by atoms with van der Waals surface area (Å²) >= 11 is 0. The minimum atomic E-state index is -1.28. The summed E-state index contributed by atoms with van der Waals surface area (Å²) in [6.45, 7) is 1.81. The van der Waals surface area contributed by atoms with Crippen LogP contribution in [0, 0.1) is 0 Å². The first-order valence-corrected chi connectivity index (χ1v) is 10.5. The predicted octanol–water partition coefficient (Wildman–Crippen LogP) is 1.08. The Morgan fingerprint density at radius 3 is 1.94 bits per heavy atom. The van der Waals surface area contributed by atoms with Gasteiger partial charge in [-0.15, -0.1) is 0 Å². The van der Waals surface area contributed by atoms with E-state index in [1.807, 2.05) is 6.07 Å². The largest absolute Gasteiger partial charge is 0.463 e. The average molecular weight is 472 g/mol. The summed E-state index contributed by atoms with van der Waals surface area (Å²) in [4.78, 5) is 36.7. The Bertz CT molecular complexity index is 670. The number of amides is 1. The van der Waals surface area contributed by atoms with Crippen molar-refractivity contribution in [3.05, 3.63) is 35.9 Å². The van der Waals surface area contributed by atoms with Crippen molar-refractivity contribution >= 4 is 18.0 Å². The van der Waals surface area contributed by atoms with Gasteiger partial charge in [0.05, 0.1) is 46.1 Å². The van der Waals surface area contributed by atoms with E-state index in [-0.39, 0.29) is 33.0 Å². The van der Waals surface area contributed by atoms with Gasteiger partial charge in [-0.25, -0.2) is 9.59 Å². The zero-order valence-electron chi connectivity index (χ0n) is 19.1. The van der Waals surface area contributed by atoms with Gasteiger partial charge in [0.1, 0.15) is 25.9 Å². The molecule has 0 aliphatic heterocycles. The van der Waals surface area contributed by atoms with Crippen molar-refractivity contribution in [2.75, 3.05) is 67.1 Å². The van der Waals surface area contributed by atoms with Gasteiger partial charge in [-0.05, 0) is 5.56 Å². The maximum atomic E-state index is 12.4. The Labute approximate surface area is 193 Å². The number of carbonyl (C=O) groups is 3. The van der Waals surface area contributed by atoms with Gasteiger partial charge in [-0.1, -0.05) is 30.3 Å². The summed E-state index contributed by atoms with van der Waals surface area (Å²) in [6.07, 6.45) is -1.30. The third kappa shape index (κ3) is 14.9. The summed E-state index contributed by atoms with van der Waals surface area (Å²) < 4.78 is 35.4. The quantitative estimate of drug-likeness (QED) is 0.189. The predicted molar refractivity (Wildman–Crippen MR) is 115 cm³/mol. The van der Waals surface area contributed by atoms with Gasteiger partial charge in [0.2, 0.25) is 0 Å². The summed E-state index contributed by atoms with van der Waals surface area (Å²) in [5, 5.41) is 2.35. The zero-order valence-corrected chi connectivity index (χ0v) is 19.1. The third-order valence-corrected chi connectivity index (χ3v) is 3.99. The molecule has 0 radical (unpaired) electrons. The van der Waals surface area contributed by atoms with Crippen molar-refractivity contribution in [2.24, 2.45) is 0 Å². The molecule has 1 aromatic carbocycles. The number of benzene rings is 1. The highest BCUT2D eigenvalue weighted by molar-refractivity contribution is 5.86. The highest BCUT2D eigenvalue weighted by Gasteiger charge is 2.27. The van der Waals surface area contributed by atoms with Crippen LogP contribution in [0.5, 0.6) is 0 Å². The molecule has 0 fully saturated rings. The van der Waals surface area contributed by atoms with E-state index < -0.39 is 30.5 Å². The van der Waals surface area contributed by atoms with Crippen molar-refractivity contribution in [3.63, 3.8) is 0 Å². The standard InChI is InChI=1S/C22H33NO10/c1-27-8-10-29-12-14-31-20(24)16-19(21(25)32-15-13-30-11-9-28-2)23-22(26)33-17-18-6-4-3-5-7-18/h3-7,19H,8-17H2,1-2H3,(H,23,26)/t19-/m0/s1. The van der Waals surface area contributed by atoms with Crippen molar-refractivity contribution in [2.45, 2.75) is 19.1 Å². The summed E-state index contributed by atoms with van der Waals surface area (Å²) in [5.41, 5.74) is 0.771. The minimum absolute atomic E-state index is 0.00386. The Hall–Kier alpha value is -2.73. The normalized spacial score (nSPS) is 11.5. The Balaban J connectivity index is 2.49.